The first-order valence-corrected chi connectivity index (χ1v) is 8.35. The van der Waals surface area contributed by atoms with Gasteiger partial charge in [-0.2, -0.15) is 10.5 Å². The maximum atomic E-state index is 9.57. The Morgan fingerprint density at radius 2 is 1.68 bits per heavy atom. The van der Waals surface area contributed by atoms with Crippen molar-refractivity contribution in [3.63, 3.8) is 0 Å². The summed E-state index contributed by atoms with van der Waals surface area (Å²) in [5, 5.41) is 23.4. The summed E-state index contributed by atoms with van der Waals surface area (Å²) in [5.41, 5.74) is 2.84. The van der Waals surface area contributed by atoms with E-state index < -0.39 is 0 Å². The molecule has 0 spiro atoms. The zero-order valence-electron chi connectivity index (χ0n) is 12.1. The number of nitrogens with zero attached hydrogens (tertiary/aromatic N) is 2. The molecule has 0 amide bonds. The third-order valence-electron chi connectivity index (χ3n) is 3.82. The molecular formula is C17H12BrN3S. The van der Waals surface area contributed by atoms with Gasteiger partial charge >= 0.3 is 0 Å². The van der Waals surface area contributed by atoms with Gasteiger partial charge < -0.3 is 5.32 Å². The van der Waals surface area contributed by atoms with Crippen molar-refractivity contribution in [2.45, 2.75) is 19.8 Å². The first-order chi connectivity index (χ1) is 10.6. The number of hydrogen-bond acceptors (Lipinski definition) is 4. The SMILES string of the molecule is CC1=C(C#N)C(c2sc3ccccc3c2Br)C(C#N)=C(C)N1. The summed E-state index contributed by atoms with van der Waals surface area (Å²) in [6, 6.07) is 12.6. The lowest BCUT2D eigenvalue weighted by Gasteiger charge is -2.25. The molecule has 3 rings (SSSR count). The highest BCUT2D eigenvalue weighted by Gasteiger charge is 2.32. The number of rotatable bonds is 1. The minimum absolute atomic E-state index is 0.303. The van der Waals surface area contributed by atoms with E-state index in [1.54, 1.807) is 11.3 Å². The molecule has 22 heavy (non-hydrogen) atoms. The fourth-order valence-electron chi connectivity index (χ4n) is 2.77. The van der Waals surface area contributed by atoms with Gasteiger partial charge in [0, 0.05) is 30.8 Å². The van der Waals surface area contributed by atoms with Crippen molar-refractivity contribution in [2.24, 2.45) is 0 Å². The summed E-state index contributed by atoms with van der Waals surface area (Å²) >= 11 is 5.29. The summed E-state index contributed by atoms with van der Waals surface area (Å²) < 4.78 is 2.12. The van der Waals surface area contributed by atoms with E-state index in [0.29, 0.717) is 11.1 Å². The van der Waals surface area contributed by atoms with Crippen molar-refractivity contribution >= 4 is 37.4 Å². The predicted molar refractivity (Wildman–Crippen MR) is 92.0 cm³/mol. The summed E-state index contributed by atoms with van der Waals surface area (Å²) in [6.07, 6.45) is 0. The molecule has 5 heteroatoms. The second kappa shape index (κ2) is 5.61. The zero-order chi connectivity index (χ0) is 15.9. The molecule has 1 N–H and O–H groups in total. The van der Waals surface area contributed by atoms with Crippen LogP contribution in [-0.2, 0) is 0 Å². The Bertz CT molecular complexity index is 886. The van der Waals surface area contributed by atoms with Crippen LogP contribution in [0, 0.1) is 22.7 Å². The van der Waals surface area contributed by atoms with Gasteiger partial charge in [-0.3, -0.25) is 0 Å². The second-order valence-electron chi connectivity index (χ2n) is 5.14. The average Bonchev–Trinajstić information content (AvgIpc) is 2.84. The summed E-state index contributed by atoms with van der Waals surface area (Å²) in [5.74, 6) is -0.303. The van der Waals surface area contributed by atoms with Gasteiger partial charge in [0.2, 0.25) is 0 Å². The molecule has 0 saturated carbocycles. The Hall–Kier alpha value is -2.08. The molecule has 0 radical (unpaired) electrons. The lowest BCUT2D eigenvalue weighted by molar-refractivity contribution is 0.821. The molecule has 1 aliphatic heterocycles. The quantitative estimate of drug-likeness (QED) is 0.773. The fourth-order valence-corrected chi connectivity index (χ4v) is 4.94. The molecule has 3 nitrogen and oxygen atoms in total. The van der Waals surface area contributed by atoms with Gasteiger partial charge in [0.15, 0.2) is 0 Å². The summed E-state index contributed by atoms with van der Waals surface area (Å²) in [6.45, 7) is 3.76. The van der Waals surface area contributed by atoms with Crippen molar-refractivity contribution in [2.75, 3.05) is 0 Å². The summed E-state index contributed by atoms with van der Waals surface area (Å²) in [4.78, 5) is 1.01. The fraction of sp³-hybridized carbons (Fsp3) is 0.176. The number of thiophene rings is 1. The van der Waals surface area contributed by atoms with Crippen LogP contribution in [0.15, 0.2) is 51.3 Å². The molecule has 108 valence electrons. The van der Waals surface area contributed by atoms with Crippen LogP contribution in [0.5, 0.6) is 0 Å². The minimum atomic E-state index is -0.303. The molecule has 1 aromatic carbocycles. The number of hydrogen-bond donors (Lipinski definition) is 1. The van der Waals surface area contributed by atoms with Crippen molar-refractivity contribution in [1.29, 1.82) is 10.5 Å². The van der Waals surface area contributed by atoms with E-state index in [-0.39, 0.29) is 5.92 Å². The highest BCUT2D eigenvalue weighted by Crippen LogP contribution is 2.46. The van der Waals surface area contributed by atoms with Crippen LogP contribution in [0.2, 0.25) is 0 Å². The van der Waals surface area contributed by atoms with Gasteiger partial charge in [0.1, 0.15) is 0 Å². The predicted octanol–water partition coefficient (Wildman–Crippen LogP) is 4.95. The van der Waals surface area contributed by atoms with Gasteiger partial charge in [-0.25, -0.2) is 0 Å². The van der Waals surface area contributed by atoms with Gasteiger partial charge in [0.05, 0.1) is 29.2 Å². The lowest BCUT2D eigenvalue weighted by atomic mass is 9.85. The van der Waals surface area contributed by atoms with Gasteiger partial charge in [0.25, 0.3) is 0 Å². The molecule has 0 unspecified atom stereocenters. The molecule has 0 fully saturated rings. The normalized spacial score (nSPS) is 15.7. The van der Waals surface area contributed by atoms with Crippen LogP contribution < -0.4 is 5.32 Å². The average molecular weight is 370 g/mol. The standard InChI is InChI=1S/C17H12BrN3S/c1-9-12(7-19)15(13(8-20)10(2)21-9)17-16(18)11-5-3-4-6-14(11)22-17/h3-6,15,21H,1-2H3. The molecule has 2 heterocycles. The Morgan fingerprint density at radius 1 is 1.09 bits per heavy atom. The number of dihydropyridines is 1. The van der Waals surface area contributed by atoms with Crippen LogP contribution in [0.1, 0.15) is 24.6 Å². The Balaban J connectivity index is 2.30. The molecule has 1 aromatic heterocycles. The minimum Gasteiger partial charge on any atom is -0.361 e. The first-order valence-electron chi connectivity index (χ1n) is 6.74. The van der Waals surface area contributed by atoms with Crippen molar-refractivity contribution in [1.82, 2.24) is 5.32 Å². The van der Waals surface area contributed by atoms with E-state index >= 15 is 0 Å². The Morgan fingerprint density at radius 3 is 2.23 bits per heavy atom. The maximum Gasteiger partial charge on any atom is 0.0976 e. The molecule has 0 bridgehead atoms. The monoisotopic (exact) mass is 369 g/mol. The van der Waals surface area contributed by atoms with Gasteiger partial charge in [-0.15, -0.1) is 11.3 Å². The molecule has 1 aliphatic rings. The van der Waals surface area contributed by atoms with Gasteiger partial charge in [-0.05, 0) is 35.8 Å². The van der Waals surface area contributed by atoms with Crippen LogP contribution in [0.3, 0.4) is 0 Å². The Kier molecular flexibility index (Phi) is 3.78. The van der Waals surface area contributed by atoms with Crippen molar-refractivity contribution in [3.8, 4) is 12.1 Å². The van der Waals surface area contributed by atoms with Crippen LogP contribution in [0.4, 0.5) is 0 Å². The number of nitrogens with one attached hydrogen (secondary N) is 1. The number of nitriles is 2. The maximum absolute atomic E-state index is 9.57. The third-order valence-corrected chi connectivity index (χ3v) is 6.18. The highest BCUT2D eigenvalue weighted by atomic mass is 79.9. The lowest BCUT2D eigenvalue weighted by Crippen LogP contribution is -2.23. The molecule has 0 saturated heterocycles. The van der Waals surface area contributed by atoms with Crippen LogP contribution in [-0.4, -0.2) is 0 Å². The van der Waals surface area contributed by atoms with Crippen molar-refractivity contribution in [3.05, 3.63) is 56.2 Å². The second-order valence-corrected chi connectivity index (χ2v) is 7.01. The third kappa shape index (κ3) is 2.14. The number of halogens is 1. The molecular weight excluding hydrogens is 358 g/mol. The topological polar surface area (TPSA) is 59.6 Å². The number of allylic oxidation sites excluding steroid dienone is 4. The van der Waals surface area contributed by atoms with Crippen molar-refractivity contribution < 1.29 is 0 Å². The van der Waals surface area contributed by atoms with E-state index in [1.165, 1.54) is 0 Å². The van der Waals surface area contributed by atoms with Crippen LogP contribution in [0.25, 0.3) is 10.1 Å². The largest absolute Gasteiger partial charge is 0.361 e. The Labute approximate surface area is 141 Å². The zero-order valence-corrected chi connectivity index (χ0v) is 14.5. The number of benzene rings is 1. The highest BCUT2D eigenvalue weighted by molar-refractivity contribution is 9.10. The van der Waals surface area contributed by atoms with E-state index in [9.17, 15) is 10.5 Å². The number of fused-ring (bicyclic) bond motifs is 1. The smallest absolute Gasteiger partial charge is 0.0976 e. The van der Waals surface area contributed by atoms with Gasteiger partial charge in [-0.1, -0.05) is 18.2 Å². The molecule has 2 aromatic rings. The molecule has 0 aliphatic carbocycles. The van der Waals surface area contributed by atoms with Crippen LogP contribution >= 0.6 is 27.3 Å². The summed E-state index contributed by atoms with van der Waals surface area (Å²) in [7, 11) is 0. The first kappa shape index (κ1) is 14.8. The van der Waals surface area contributed by atoms with E-state index in [4.69, 9.17) is 0 Å². The van der Waals surface area contributed by atoms with E-state index in [0.717, 1.165) is 30.8 Å². The van der Waals surface area contributed by atoms with E-state index in [2.05, 4.69) is 39.5 Å². The molecule has 0 atom stereocenters. The van der Waals surface area contributed by atoms with E-state index in [1.807, 2.05) is 32.0 Å².